The third kappa shape index (κ3) is 4.56. The lowest BCUT2D eigenvalue weighted by Gasteiger charge is -2.29. The number of alkyl halides is 3. The van der Waals surface area contributed by atoms with Crippen molar-refractivity contribution in [3.63, 3.8) is 0 Å². The Balaban J connectivity index is 1.77. The van der Waals surface area contributed by atoms with Crippen LogP contribution in [-0.4, -0.2) is 21.5 Å². The zero-order chi connectivity index (χ0) is 24.8. The van der Waals surface area contributed by atoms with E-state index in [1.54, 1.807) is 30.3 Å². The van der Waals surface area contributed by atoms with Gasteiger partial charge >= 0.3 is 6.18 Å². The van der Waals surface area contributed by atoms with Gasteiger partial charge in [0.15, 0.2) is 5.11 Å². The van der Waals surface area contributed by atoms with Crippen molar-refractivity contribution in [3.05, 3.63) is 86.6 Å². The van der Waals surface area contributed by atoms with Gasteiger partial charge in [-0.15, -0.1) is 0 Å². The number of hydrogen-bond donors (Lipinski definition) is 1. The second-order valence-corrected chi connectivity index (χ2v) is 8.66. The molecule has 174 valence electrons. The van der Waals surface area contributed by atoms with Gasteiger partial charge < -0.3 is 4.57 Å². The molecule has 1 aliphatic rings. The summed E-state index contributed by atoms with van der Waals surface area (Å²) in [5.41, 5.74) is -0.558. The molecule has 0 spiro atoms. The van der Waals surface area contributed by atoms with Crippen LogP contribution in [0.3, 0.4) is 0 Å². The number of thiocarbonyl (C=S) groups is 1. The van der Waals surface area contributed by atoms with E-state index in [4.69, 9.17) is 47.0 Å². The van der Waals surface area contributed by atoms with Crippen molar-refractivity contribution in [3.8, 4) is 5.69 Å². The van der Waals surface area contributed by atoms with Crippen LogP contribution in [0.1, 0.15) is 11.3 Å². The Morgan fingerprint density at radius 3 is 2.18 bits per heavy atom. The van der Waals surface area contributed by atoms with Gasteiger partial charge in [0.25, 0.3) is 11.8 Å². The number of carbonyl (C=O) groups is 2. The van der Waals surface area contributed by atoms with Crippen molar-refractivity contribution in [2.75, 3.05) is 4.90 Å². The Morgan fingerprint density at radius 2 is 1.59 bits per heavy atom. The minimum atomic E-state index is -4.64. The quantitative estimate of drug-likeness (QED) is 0.240. The first-order valence-corrected chi connectivity index (χ1v) is 10.9. The first-order valence-electron chi connectivity index (χ1n) is 9.38. The minimum Gasteiger partial charge on any atom is -0.314 e. The summed E-state index contributed by atoms with van der Waals surface area (Å²) in [6, 6.07) is 10.8. The fourth-order valence-electron chi connectivity index (χ4n) is 3.30. The van der Waals surface area contributed by atoms with E-state index in [1.807, 2.05) is 0 Å². The highest BCUT2D eigenvalue weighted by Crippen LogP contribution is 2.38. The summed E-state index contributed by atoms with van der Waals surface area (Å²) in [5.74, 6) is -1.44. The smallest absolute Gasteiger partial charge is 0.314 e. The molecule has 0 atom stereocenters. The van der Waals surface area contributed by atoms with E-state index in [0.717, 1.165) is 17.0 Å². The van der Waals surface area contributed by atoms with E-state index in [1.165, 1.54) is 22.9 Å². The van der Waals surface area contributed by atoms with Crippen LogP contribution in [0.4, 0.5) is 18.9 Å². The SMILES string of the molecule is O=C1NC(=S)N(c2ccc(Cl)cc2)C(=O)C1=Cc1cccn1-c1c(Cl)cc(C(F)(F)F)cc1Cl. The molecule has 2 aromatic carbocycles. The van der Waals surface area contributed by atoms with Crippen molar-refractivity contribution < 1.29 is 22.8 Å². The van der Waals surface area contributed by atoms with Crippen molar-refractivity contribution in [2.45, 2.75) is 6.18 Å². The van der Waals surface area contributed by atoms with Crippen molar-refractivity contribution in [1.29, 1.82) is 0 Å². The van der Waals surface area contributed by atoms with Gasteiger partial charge in [-0.1, -0.05) is 34.8 Å². The Morgan fingerprint density at radius 1 is 0.971 bits per heavy atom. The van der Waals surface area contributed by atoms with Gasteiger partial charge in [-0.2, -0.15) is 13.2 Å². The van der Waals surface area contributed by atoms with Gasteiger partial charge in [0, 0.05) is 16.9 Å². The fraction of sp³-hybridized carbons (Fsp3) is 0.0455. The molecule has 12 heteroatoms. The lowest BCUT2D eigenvalue weighted by Crippen LogP contribution is -2.54. The van der Waals surface area contributed by atoms with Gasteiger partial charge in [-0.05, 0) is 66.8 Å². The number of rotatable bonds is 3. The van der Waals surface area contributed by atoms with E-state index in [2.05, 4.69) is 5.32 Å². The van der Waals surface area contributed by atoms with Crippen molar-refractivity contribution in [1.82, 2.24) is 9.88 Å². The zero-order valence-electron chi connectivity index (χ0n) is 16.7. The van der Waals surface area contributed by atoms with Crippen LogP contribution in [0.2, 0.25) is 15.1 Å². The van der Waals surface area contributed by atoms with Gasteiger partial charge in [0.1, 0.15) is 5.57 Å². The molecule has 1 N–H and O–H groups in total. The van der Waals surface area contributed by atoms with E-state index >= 15 is 0 Å². The van der Waals surface area contributed by atoms with E-state index < -0.39 is 23.6 Å². The average Bonchev–Trinajstić information content (AvgIpc) is 3.19. The number of benzene rings is 2. The summed E-state index contributed by atoms with van der Waals surface area (Å²) in [7, 11) is 0. The Kier molecular flexibility index (Phi) is 6.48. The van der Waals surface area contributed by atoms with Gasteiger partial charge in [-0.3, -0.25) is 19.8 Å². The highest BCUT2D eigenvalue weighted by Gasteiger charge is 2.35. The molecule has 0 unspecified atom stereocenters. The molecule has 5 nitrogen and oxygen atoms in total. The van der Waals surface area contributed by atoms with Crippen molar-refractivity contribution in [2.24, 2.45) is 0 Å². The number of carbonyl (C=O) groups excluding carboxylic acids is 2. The Hall–Kier alpha value is -2.85. The molecule has 0 radical (unpaired) electrons. The molecule has 4 rings (SSSR count). The number of halogens is 6. The van der Waals surface area contributed by atoms with Crippen molar-refractivity contribution >= 4 is 75.7 Å². The standard InChI is InChI=1S/C22H11Cl3F3N3O2S/c23-12-3-5-13(6-4-12)31-20(33)15(19(32)29-21(31)34)10-14-2-1-7-30(14)18-16(24)8-11(9-17(18)25)22(26,27)28/h1-10H,(H,29,32,34). The van der Waals surface area contributed by atoms with Gasteiger partial charge in [-0.25, -0.2) is 0 Å². The predicted molar refractivity (Wildman–Crippen MR) is 128 cm³/mol. The molecular formula is C22H11Cl3F3N3O2S. The first-order chi connectivity index (χ1) is 16.0. The highest BCUT2D eigenvalue weighted by molar-refractivity contribution is 7.80. The molecule has 1 aliphatic heterocycles. The van der Waals surface area contributed by atoms with E-state index in [9.17, 15) is 22.8 Å². The number of anilines is 1. The van der Waals surface area contributed by atoms with E-state index in [-0.39, 0.29) is 32.1 Å². The third-order valence-corrected chi connectivity index (χ3v) is 5.96. The summed E-state index contributed by atoms with van der Waals surface area (Å²) >= 11 is 23.3. The molecular weight excluding hydrogens is 534 g/mol. The number of hydrogen-bond acceptors (Lipinski definition) is 3. The maximum atomic E-state index is 13.2. The first kappa shape index (κ1) is 24.3. The normalized spacial score (nSPS) is 15.8. The summed E-state index contributed by atoms with van der Waals surface area (Å²) in [6.45, 7) is 0. The van der Waals surface area contributed by atoms with Crippen LogP contribution < -0.4 is 10.2 Å². The molecule has 0 aliphatic carbocycles. The summed E-state index contributed by atoms with van der Waals surface area (Å²) in [5, 5.41) is 2.26. The average molecular weight is 545 g/mol. The predicted octanol–water partition coefficient (Wildman–Crippen LogP) is 6.29. The van der Waals surface area contributed by atoms with Crippen LogP contribution in [0.25, 0.3) is 11.8 Å². The van der Waals surface area contributed by atoms with Gasteiger partial charge in [0.05, 0.1) is 27.0 Å². The third-order valence-electron chi connectivity index (χ3n) is 4.84. The number of amides is 2. The van der Waals surface area contributed by atoms with Crippen LogP contribution in [-0.2, 0) is 15.8 Å². The van der Waals surface area contributed by atoms with Crippen LogP contribution >= 0.6 is 47.0 Å². The summed E-state index contributed by atoms with van der Waals surface area (Å²) in [4.78, 5) is 26.9. The maximum absolute atomic E-state index is 13.2. The fourth-order valence-corrected chi connectivity index (χ4v) is 4.38. The molecule has 1 fully saturated rings. The molecule has 1 saturated heterocycles. The van der Waals surface area contributed by atoms with Crippen LogP contribution in [0.15, 0.2) is 60.3 Å². The summed E-state index contributed by atoms with van der Waals surface area (Å²) < 4.78 is 40.6. The Labute approximate surface area is 211 Å². The highest BCUT2D eigenvalue weighted by atomic mass is 35.5. The second-order valence-electron chi connectivity index (χ2n) is 7.02. The van der Waals surface area contributed by atoms with Crippen LogP contribution in [0, 0.1) is 0 Å². The topological polar surface area (TPSA) is 54.3 Å². The molecule has 2 amide bonds. The largest absolute Gasteiger partial charge is 0.416 e. The molecule has 34 heavy (non-hydrogen) atoms. The Bertz CT molecular complexity index is 1340. The van der Waals surface area contributed by atoms with E-state index in [0.29, 0.717) is 10.7 Å². The lowest BCUT2D eigenvalue weighted by molar-refractivity contribution is -0.137. The van der Waals surface area contributed by atoms with Crippen LogP contribution in [0.5, 0.6) is 0 Å². The molecule has 0 saturated carbocycles. The zero-order valence-corrected chi connectivity index (χ0v) is 19.7. The second kappa shape index (κ2) is 9.07. The summed E-state index contributed by atoms with van der Waals surface area (Å²) in [6.07, 6.45) is -1.88. The molecule has 1 aromatic heterocycles. The number of nitrogens with zero attached hydrogens (tertiary/aromatic N) is 2. The monoisotopic (exact) mass is 543 g/mol. The van der Waals surface area contributed by atoms with Gasteiger partial charge in [0.2, 0.25) is 0 Å². The molecule has 0 bridgehead atoms. The maximum Gasteiger partial charge on any atom is 0.416 e. The lowest BCUT2D eigenvalue weighted by atomic mass is 10.1. The number of nitrogens with one attached hydrogen (secondary N) is 1. The number of aromatic nitrogens is 1. The molecule has 2 heterocycles. The molecule has 3 aromatic rings. The minimum absolute atomic E-state index is 0.0573.